The van der Waals surface area contributed by atoms with Gasteiger partial charge in [0, 0.05) is 6.04 Å². The predicted molar refractivity (Wildman–Crippen MR) is 111 cm³/mol. The molecule has 1 aliphatic heterocycles. The number of amides is 3. The molecule has 1 aromatic carbocycles. The van der Waals surface area contributed by atoms with Gasteiger partial charge in [0.2, 0.25) is 5.91 Å². The standard InChI is InChI=1S/C21H28N4O2S/c1-14(19(26)24-21(27)22-15-8-3-2-4-9-15)25-13-7-11-17(25)20-23-16-10-5-6-12-18(16)28-20/h5-6,10,12,14-15,17H,2-4,7-9,11,13H2,1H3,(H2,22,24,26,27). The van der Waals surface area contributed by atoms with Crippen molar-refractivity contribution in [1.29, 1.82) is 0 Å². The van der Waals surface area contributed by atoms with Gasteiger partial charge in [-0.3, -0.25) is 15.0 Å². The van der Waals surface area contributed by atoms with Crippen LogP contribution in [0.5, 0.6) is 0 Å². The number of rotatable bonds is 4. The molecule has 2 atom stereocenters. The molecule has 0 bridgehead atoms. The van der Waals surface area contributed by atoms with E-state index in [-0.39, 0.29) is 30.1 Å². The normalized spacial score (nSPS) is 22.2. The third-order valence-corrected chi connectivity index (χ3v) is 7.08. The summed E-state index contributed by atoms with van der Waals surface area (Å²) in [4.78, 5) is 31.9. The second-order valence-corrected chi connectivity index (χ2v) is 8.95. The quantitative estimate of drug-likeness (QED) is 0.814. The molecule has 2 fully saturated rings. The van der Waals surface area contributed by atoms with E-state index >= 15 is 0 Å². The topological polar surface area (TPSA) is 74.3 Å². The Hall–Kier alpha value is -1.99. The minimum Gasteiger partial charge on any atom is -0.335 e. The van der Waals surface area contributed by atoms with E-state index < -0.39 is 0 Å². The molecular weight excluding hydrogens is 372 g/mol. The van der Waals surface area contributed by atoms with Crippen LogP contribution >= 0.6 is 11.3 Å². The fourth-order valence-electron chi connectivity index (χ4n) is 4.39. The first-order chi connectivity index (χ1) is 13.6. The van der Waals surface area contributed by atoms with Crippen LogP contribution in [0.25, 0.3) is 10.2 Å². The molecule has 0 spiro atoms. The molecule has 2 N–H and O–H groups in total. The van der Waals surface area contributed by atoms with Gasteiger partial charge in [0.15, 0.2) is 0 Å². The Morgan fingerprint density at radius 3 is 2.71 bits per heavy atom. The van der Waals surface area contributed by atoms with Crippen molar-refractivity contribution in [1.82, 2.24) is 20.5 Å². The summed E-state index contributed by atoms with van der Waals surface area (Å²) in [5, 5.41) is 6.57. The Bertz CT molecular complexity index is 813. The van der Waals surface area contributed by atoms with E-state index in [1.165, 1.54) is 11.1 Å². The highest BCUT2D eigenvalue weighted by Gasteiger charge is 2.35. The van der Waals surface area contributed by atoms with Crippen molar-refractivity contribution < 1.29 is 9.59 Å². The van der Waals surface area contributed by atoms with E-state index in [0.717, 1.165) is 55.6 Å². The van der Waals surface area contributed by atoms with Gasteiger partial charge >= 0.3 is 6.03 Å². The minimum atomic E-state index is -0.364. The van der Waals surface area contributed by atoms with Crippen LogP contribution in [0, 0.1) is 0 Å². The van der Waals surface area contributed by atoms with Gasteiger partial charge < -0.3 is 5.32 Å². The summed E-state index contributed by atoms with van der Waals surface area (Å²) in [7, 11) is 0. The second kappa shape index (κ2) is 8.57. The van der Waals surface area contributed by atoms with Gasteiger partial charge in [-0.05, 0) is 51.3 Å². The van der Waals surface area contributed by atoms with Crippen LogP contribution in [0.4, 0.5) is 4.79 Å². The number of para-hydroxylation sites is 1. The average molecular weight is 401 g/mol. The zero-order valence-corrected chi connectivity index (χ0v) is 17.1. The van der Waals surface area contributed by atoms with E-state index in [1.807, 2.05) is 25.1 Å². The summed E-state index contributed by atoms with van der Waals surface area (Å²) in [6.07, 6.45) is 7.56. The monoisotopic (exact) mass is 400 g/mol. The molecule has 3 amide bonds. The summed E-state index contributed by atoms with van der Waals surface area (Å²) in [6, 6.07) is 7.74. The van der Waals surface area contributed by atoms with E-state index in [4.69, 9.17) is 4.98 Å². The molecule has 7 heteroatoms. The highest BCUT2D eigenvalue weighted by Crippen LogP contribution is 2.37. The molecule has 1 saturated carbocycles. The molecule has 6 nitrogen and oxygen atoms in total. The van der Waals surface area contributed by atoms with Crippen LogP contribution in [0.15, 0.2) is 24.3 Å². The van der Waals surface area contributed by atoms with E-state index in [2.05, 4.69) is 21.6 Å². The predicted octanol–water partition coefficient (Wildman–Crippen LogP) is 3.98. The molecule has 150 valence electrons. The Balaban J connectivity index is 1.38. The zero-order chi connectivity index (χ0) is 19.5. The molecule has 2 aliphatic rings. The van der Waals surface area contributed by atoms with Crippen molar-refractivity contribution in [3.63, 3.8) is 0 Å². The molecule has 28 heavy (non-hydrogen) atoms. The number of likely N-dealkylation sites (tertiary alicyclic amines) is 1. The van der Waals surface area contributed by atoms with Crippen LogP contribution in [0.1, 0.15) is 62.9 Å². The highest BCUT2D eigenvalue weighted by atomic mass is 32.1. The highest BCUT2D eigenvalue weighted by molar-refractivity contribution is 7.18. The molecule has 2 unspecified atom stereocenters. The van der Waals surface area contributed by atoms with Crippen LogP contribution in [0.3, 0.4) is 0 Å². The van der Waals surface area contributed by atoms with Crippen molar-refractivity contribution in [3.8, 4) is 0 Å². The largest absolute Gasteiger partial charge is 0.335 e. The van der Waals surface area contributed by atoms with Crippen LogP contribution < -0.4 is 10.6 Å². The summed E-state index contributed by atoms with van der Waals surface area (Å²) in [5.41, 5.74) is 1.01. The van der Waals surface area contributed by atoms with Crippen molar-refractivity contribution in [2.24, 2.45) is 0 Å². The van der Waals surface area contributed by atoms with Gasteiger partial charge in [0.25, 0.3) is 0 Å². The molecule has 2 aromatic rings. The first kappa shape index (κ1) is 19.3. The fourth-order valence-corrected chi connectivity index (χ4v) is 5.51. The molecule has 1 aromatic heterocycles. The van der Waals surface area contributed by atoms with Gasteiger partial charge in [0.05, 0.1) is 22.3 Å². The number of hydrogen-bond donors (Lipinski definition) is 2. The van der Waals surface area contributed by atoms with Crippen LogP contribution in [0.2, 0.25) is 0 Å². The van der Waals surface area contributed by atoms with Gasteiger partial charge in [-0.1, -0.05) is 31.4 Å². The van der Waals surface area contributed by atoms with Crippen molar-refractivity contribution in [2.45, 2.75) is 70.0 Å². The maximum atomic E-state index is 12.7. The molecular formula is C21H28N4O2S. The number of carbonyl (C=O) groups is 2. The molecule has 4 rings (SSSR count). The first-order valence-electron chi connectivity index (χ1n) is 10.3. The van der Waals surface area contributed by atoms with Crippen molar-refractivity contribution >= 4 is 33.5 Å². The lowest BCUT2D eigenvalue weighted by Gasteiger charge is -2.29. The number of thiazole rings is 1. The number of fused-ring (bicyclic) bond motifs is 1. The zero-order valence-electron chi connectivity index (χ0n) is 16.3. The Kier molecular flexibility index (Phi) is 5.92. The number of nitrogens with one attached hydrogen (secondary N) is 2. The SMILES string of the molecule is CC(C(=O)NC(=O)NC1CCCCC1)N1CCCC1c1nc2ccccc2s1. The van der Waals surface area contributed by atoms with Crippen LogP contribution in [-0.4, -0.2) is 40.5 Å². The number of benzene rings is 1. The number of aromatic nitrogens is 1. The Morgan fingerprint density at radius 1 is 1.14 bits per heavy atom. The summed E-state index contributed by atoms with van der Waals surface area (Å²) >= 11 is 1.70. The van der Waals surface area contributed by atoms with Crippen molar-refractivity contribution in [2.75, 3.05) is 6.54 Å². The summed E-state index contributed by atoms with van der Waals surface area (Å²) < 4.78 is 1.17. The lowest BCUT2D eigenvalue weighted by molar-refractivity contribution is -0.125. The number of imide groups is 1. The first-order valence-corrected chi connectivity index (χ1v) is 11.2. The van der Waals surface area contributed by atoms with E-state index in [1.54, 1.807) is 11.3 Å². The number of hydrogen-bond acceptors (Lipinski definition) is 5. The summed E-state index contributed by atoms with van der Waals surface area (Å²) in [6.45, 7) is 2.73. The number of carbonyl (C=O) groups excluding carboxylic acids is 2. The van der Waals surface area contributed by atoms with E-state index in [9.17, 15) is 9.59 Å². The van der Waals surface area contributed by atoms with Gasteiger partial charge in [-0.15, -0.1) is 11.3 Å². The molecule has 1 aliphatic carbocycles. The number of urea groups is 1. The molecule has 0 radical (unpaired) electrons. The maximum Gasteiger partial charge on any atom is 0.321 e. The minimum absolute atomic E-state index is 0.138. The average Bonchev–Trinajstić information content (AvgIpc) is 3.34. The van der Waals surface area contributed by atoms with Gasteiger partial charge in [0.1, 0.15) is 5.01 Å². The molecule has 1 saturated heterocycles. The second-order valence-electron chi connectivity index (χ2n) is 7.89. The fraction of sp³-hybridized carbons (Fsp3) is 0.571. The van der Waals surface area contributed by atoms with E-state index in [0.29, 0.717) is 0 Å². The lowest BCUT2D eigenvalue weighted by Crippen LogP contribution is -2.51. The lowest BCUT2D eigenvalue weighted by atomic mass is 9.96. The van der Waals surface area contributed by atoms with Crippen LogP contribution in [-0.2, 0) is 4.79 Å². The third-order valence-electron chi connectivity index (χ3n) is 5.94. The maximum absolute atomic E-state index is 12.7. The Labute approximate surface area is 169 Å². The Morgan fingerprint density at radius 2 is 1.93 bits per heavy atom. The van der Waals surface area contributed by atoms with Crippen molar-refractivity contribution in [3.05, 3.63) is 29.3 Å². The van der Waals surface area contributed by atoms with Gasteiger partial charge in [-0.25, -0.2) is 9.78 Å². The third kappa shape index (κ3) is 4.20. The molecule has 2 heterocycles. The number of nitrogens with zero attached hydrogens (tertiary/aromatic N) is 2. The van der Waals surface area contributed by atoms with Gasteiger partial charge in [-0.2, -0.15) is 0 Å². The smallest absolute Gasteiger partial charge is 0.321 e. The summed E-state index contributed by atoms with van der Waals surface area (Å²) in [5.74, 6) is -0.235.